The van der Waals surface area contributed by atoms with Crippen LogP contribution in [-0.2, 0) is 14.3 Å². The normalized spacial score (nSPS) is 18.4. The van der Waals surface area contributed by atoms with Crippen LogP contribution in [0.1, 0.15) is 13.3 Å². The summed E-state index contributed by atoms with van der Waals surface area (Å²) in [6, 6.07) is 0. The van der Waals surface area contributed by atoms with E-state index < -0.39 is 17.9 Å². The number of nitrogens with zero attached hydrogens (tertiary/aromatic N) is 1. The Morgan fingerprint density at radius 3 is 2.67 bits per heavy atom. The number of ether oxygens (including phenoxy) is 1. The highest BCUT2D eigenvalue weighted by molar-refractivity contribution is 6.02. The van der Waals surface area contributed by atoms with Crippen molar-refractivity contribution in [3.8, 4) is 0 Å². The van der Waals surface area contributed by atoms with E-state index in [9.17, 15) is 14.4 Å². The van der Waals surface area contributed by atoms with E-state index in [1.807, 2.05) is 0 Å². The minimum atomic E-state index is -1.01. The molecule has 0 bridgehead atoms. The number of carbonyl (C=O) groups is 3. The summed E-state index contributed by atoms with van der Waals surface area (Å²) in [7, 11) is 0. The maximum atomic E-state index is 11.4. The lowest BCUT2D eigenvalue weighted by Gasteiger charge is -2.29. The summed E-state index contributed by atoms with van der Waals surface area (Å²) < 4.78 is 4.76. The summed E-state index contributed by atoms with van der Waals surface area (Å²) in [5, 5.41) is 8.45. The molecular weight excluding hydrogens is 240 g/mol. The molecule has 0 aromatic heterocycles. The molecule has 0 aromatic carbocycles. The number of hydrogen-bond donors (Lipinski definition) is 2. The van der Waals surface area contributed by atoms with Gasteiger partial charge in [0, 0.05) is 19.5 Å². The van der Waals surface area contributed by atoms with Crippen molar-refractivity contribution in [2.45, 2.75) is 13.3 Å². The molecule has 0 spiro atoms. The lowest BCUT2D eigenvalue weighted by molar-refractivity contribution is -0.142. The summed E-state index contributed by atoms with van der Waals surface area (Å²) in [6.07, 6.45) is -0.456. The highest BCUT2D eigenvalue weighted by Gasteiger charge is 2.35. The van der Waals surface area contributed by atoms with Crippen LogP contribution in [0.25, 0.3) is 0 Å². The van der Waals surface area contributed by atoms with E-state index >= 15 is 0 Å². The molecule has 1 aliphatic rings. The van der Waals surface area contributed by atoms with Gasteiger partial charge >= 0.3 is 6.09 Å². The van der Waals surface area contributed by atoms with E-state index in [-0.39, 0.29) is 31.9 Å². The van der Waals surface area contributed by atoms with Gasteiger partial charge < -0.3 is 9.64 Å². The van der Waals surface area contributed by atoms with Crippen LogP contribution in [-0.4, -0.2) is 47.6 Å². The fraction of sp³-hybridized carbons (Fsp3) is 0.545. The lowest BCUT2D eigenvalue weighted by atomic mass is 9.96. The number of rotatable bonds is 2. The molecule has 0 aromatic rings. The minimum absolute atomic E-state index is 0.0515. The number of hydrogen-bond acceptors (Lipinski definition) is 5. The summed E-state index contributed by atoms with van der Waals surface area (Å²) in [5.74, 6) is -2.09. The summed E-state index contributed by atoms with van der Waals surface area (Å²) in [5.41, 5.74) is 1.42. The van der Waals surface area contributed by atoms with Gasteiger partial charge in [-0.25, -0.2) is 10.3 Å². The molecule has 1 atom stereocenters. The van der Waals surface area contributed by atoms with Crippen LogP contribution in [0.3, 0.4) is 0 Å². The lowest BCUT2D eigenvalue weighted by Crippen LogP contribution is -2.49. The molecule has 1 saturated heterocycles. The molecule has 18 heavy (non-hydrogen) atoms. The van der Waals surface area contributed by atoms with Crippen LogP contribution in [0.5, 0.6) is 0 Å². The van der Waals surface area contributed by atoms with Crippen LogP contribution >= 0.6 is 0 Å². The largest absolute Gasteiger partial charge is 0.450 e. The van der Waals surface area contributed by atoms with Gasteiger partial charge in [-0.05, 0) is 6.92 Å². The van der Waals surface area contributed by atoms with Crippen LogP contribution in [0.15, 0.2) is 13.2 Å². The smallest absolute Gasteiger partial charge is 0.409 e. The van der Waals surface area contributed by atoms with Crippen LogP contribution in [0.2, 0.25) is 0 Å². The quantitative estimate of drug-likeness (QED) is 0.322. The zero-order valence-corrected chi connectivity index (χ0v) is 10.3. The zero-order chi connectivity index (χ0) is 14.1. The predicted molar refractivity (Wildman–Crippen MR) is 62.9 cm³/mol. The van der Waals surface area contributed by atoms with Gasteiger partial charge in [0.05, 0.1) is 6.61 Å². The first kappa shape index (κ1) is 16.1. The van der Waals surface area contributed by atoms with Crippen molar-refractivity contribution in [1.82, 2.24) is 10.4 Å². The third-order valence-corrected chi connectivity index (χ3v) is 2.37. The molecule has 2 amide bonds. The summed E-state index contributed by atoms with van der Waals surface area (Å²) in [6.45, 7) is 8.10. The summed E-state index contributed by atoms with van der Waals surface area (Å²) in [4.78, 5) is 35.2. The number of amides is 2. The van der Waals surface area contributed by atoms with E-state index in [4.69, 9.17) is 9.94 Å². The molecule has 1 aliphatic heterocycles. The first-order valence-electron chi connectivity index (χ1n) is 5.48. The monoisotopic (exact) mass is 258 g/mol. The van der Waals surface area contributed by atoms with E-state index in [2.05, 4.69) is 13.2 Å². The molecule has 2 N–H and O–H groups in total. The third-order valence-electron chi connectivity index (χ3n) is 2.37. The van der Waals surface area contributed by atoms with Crippen molar-refractivity contribution in [1.29, 1.82) is 0 Å². The molecule has 1 rings (SSSR count). The first-order chi connectivity index (χ1) is 8.60. The van der Waals surface area contributed by atoms with Crippen molar-refractivity contribution in [2.75, 3.05) is 19.7 Å². The molecule has 0 aliphatic carbocycles. The van der Waals surface area contributed by atoms with E-state index in [1.54, 1.807) is 6.92 Å². The Labute approximate surface area is 105 Å². The maximum absolute atomic E-state index is 11.4. The Balaban J connectivity index is 0.00000137. The first-order valence-corrected chi connectivity index (χ1v) is 5.48. The molecule has 1 fully saturated rings. The number of Topliss-reactive ketones (excluding diaryl/α,β-unsaturated/α-hetero) is 1. The second-order valence-electron chi connectivity index (χ2n) is 3.39. The van der Waals surface area contributed by atoms with Crippen molar-refractivity contribution < 1.29 is 24.3 Å². The highest BCUT2D eigenvalue weighted by atomic mass is 16.6. The second-order valence-corrected chi connectivity index (χ2v) is 3.39. The molecule has 7 nitrogen and oxygen atoms in total. The average Bonchev–Trinajstić information content (AvgIpc) is 2.41. The number of nitrogens with one attached hydrogen (secondary N) is 1. The fourth-order valence-electron chi connectivity index (χ4n) is 1.52. The van der Waals surface area contributed by atoms with Crippen molar-refractivity contribution in [2.24, 2.45) is 5.92 Å². The summed E-state index contributed by atoms with van der Waals surface area (Å²) >= 11 is 0. The maximum Gasteiger partial charge on any atom is 0.409 e. The molecule has 7 heteroatoms. The van der Waals surface area contributed by atoms with E-state index in [0.717, 1.165) is 0 Å². The van der Waals surface area contributed by atoms with Crippen molar-refractivity contribution in [3.05, 3.63) is 13.2 Å². The van der Waals surface area contributed by atoms with Gasteiger partial charge in [-0.3, -0.25) is 14.8 Å². The molecule has 0 saturated carbocycles. The number of carbonyl (C=O) groups excluding carboxylic acids is 3. The topological polar surface area (TPSA) is 95.9 Å². The Kier molecular flexibility index (Phi) is 7.37. The van der Waals surface area contributed by atoms with Crippen LogP contribution < -0.4 is 5.48 Å². The predicted octanol–water partition coefficient (Wildman–Crippen LogP) is 0.342. The number of ketones is 1. The zero-order valence-electron chi connectivity index (χ0n) is 10.3. The molecular formula is C11H18N2O5. The van der Waals surface area contributed by atoms with E-state index in [0.29, 0.717) is 0 Å². The van der Waals surface area contributed by atoms with Crippen LogP contribution in [0, 0.1) is 5.92 Å². The van der Waals surface area contributed by atoms with E-state index in [1.165, 1.54) is 10.4 Å². The minimum Gasteiger partial charge on any atom is -0.450 e. The fourth-order valence-corrected chi connectivity index (χ4v) is 1.52. The second kappa shape index (κ2) is 8.24. The molecule has 102 valence electrons. The number of piperidine rings is 1. The van der Waals surface area contributed by atoms with Crippen molar-refractivity contribution in [3.63, 3.8) is 0 Å². The average molecular weight is 258 g/mol. The Bertz CT molecular complexity index is 311. The van der Waals surface area contributed by atoms with Gasteiger partial charge in [0.1, 0.15) is 11.7 Å². The number of hydroxylamine groups is 1. The Morgan fingerprint density at radius 2 is 2.17 bits per heavy atom. The van der Waals surface area contributed by atoms with Gasteiger partial charge in [-0.15, -0.1) is 13.2 Å². The molecule has 0 radical (unpaired) electrons. The third kappa shape index (κ3) is 4.17. The highest BCUT2D eigenvalue weighted by Crippen LogP contribution is 2.14. The van der Waals surface area contributed by atoms with Gasteiger partial charge in [0.15, 0.2) is 0 Å². The molecule has 1 heterocycles. The number of likely N-dealkylation sites (tertiary alicyclic amines) is 1. The standard InChI is InChI=1S/C9H14N2O5.C2H4/c1-2-16-9(14)11-4-3-7(12)6(5-11)8(13)10-15;1-2/h6,15H,2-5H2,1H3,(H,10,13);1-2H2. The SMILES string of the molecule is C=C.CCOC(=O)N1CCC(=O)C(C(=O)NO)C1. The van der Waals surface area contributed by atoms with Gasteiger partial charge in [0.2, 0.25) is 0 Å². The Hall–Kier alpha value is -1.89. The van der Waals surface area contributed by atoms with Gasteiger partial charge in [0.25, 0.3) is 5.91 Å². The van der Waals surface area contributed by atoms with Crippen LogP contribution in [0.4, 0.5) is 4.79 Å². The van der Waals surface area contributed by atoms with Gasteiger partial charge in [-0.2, -0.15) is 0 Å². The Morgan fingerprint density at radius 1 is 1.56 bits per heavy atom. The van der Waals surface area contributed by atoms with Gasteiger partial charge in [-0.1, -0.05) is 0 Å². The molecule has 1 unspecified atom stereocenters. The van der Waals surface area contributed by atoms with Crippen molar-refractivity contribution >= 4 is 17.8 Å².